The van der Waals surface area contributed by atoms with Crippen molar-refractivity contribution in [2.45, 2.75) is 0 Å². The van der Waals surface area contributed by atoms with Crippen LogP contribution < -0.4 is 0 Å². The number of aldehydes is 1. The van der Waals surface area contributed by atoms with Crippen LogP contribution in [0.15, 0.2) is 18.3 Å². The van der Waals surface area contributed by atoms with Crippen molar-refractivity contribution in [3.63, 3.8) is 0 Å². The molecule has 4 nitrogen and oxygen atoms in total. The number of aromatic nitrogens is 1. The molecule has 0 aliphatic rings. The van der Waals surface area contributed by atoms with E-state index in [1.165, 1.54) is 12.3 Å². The lowest BCUT2D eigenvalue weighted by Crippen LogP contribution is -2.02. The fourth-order valence-electron chi connectivity index (χ4n) is 0.784. The Balaban J connectivity index is 3.19. The Hall–Kier alpha value is -2.15. The van der Waals surface area contributed by atoms with Gasteiger partial charge in [0.25, 0.3) is 0 Å². The van der Waals surface area contributed by atoms with Crippen LogP contribution in [0.2, 0.25) is 0 Å². The van der Waals surface area contributed by atoms with Crippen molar-refractivity contribution in [1.82, 2.24) is 4.98 Å². The fourth-order valence-corrected chi connectivity index (χ4v) is 0.784. The van der Waals surface area contributed by atoms with Gasteiger partial charge in [-0.05, 0) is 18.1 Å². The molecule has 4 heteroatoms. The molecule has 1 N–H and O–H groups in total. The van der Waals surface area contributed by atoms with Crippen LogP contribution in [0.1, 0.15) is 16.1 Å². The van der Waals surface area contributed by atoms with Gasteiger partial charge >= 0.3 is 5.97 Å². The summed E-state index contributed by atoms with van der Waals surface area (Å²) >= 11 is 0. The number of hydrogen-bond acceptors (Lipinski definition) is 3. The van der Waals surface area contributed by atoms with Gasteiger partial charge in [-0.25, -0.2) is 9.78 Å². The highest BCUT2D eigenvalue weighted by atomic mass is 16.4. The number of aromatic carboxylic acids is 1. The van der Waals surface area contributed by atoms with E-state index in [9.17, 15) is 9.59 Å². The van der Waals surface area contributed by atoms with Gasteiger partial charge < -0.3 is 5.11 Å². The van der Waals surface area contributed by atoms with Crippen molar-refractivity contribution in [3.05, 3.63) is 29.6 Å². The Morgan fingerprint density at radius 2 is 2.38 bits per heavy atom. The standard InChI is InChI=1S/C9H5NO3/c11-6-2-4-7-3-1-5-10-8(7)9(12)13/h1,3,5-6H,(H,12,13). The summed E-state index contributed by atoms with van der Waals surface area (Å²) in [6, 6.07) is 3.05. The van der Waals surface area contributed by atoms with Crippen LogP contribution in [0.25, 0.3) is 0 Å². The monoisotopic (exact) mass is 175 g/mol. The smallest absolute Gasteiger partial charge is 0.355 e. The van der Waals surface area contributed by atoms with E-state index < -0.39 is 5.97 Å². The molecule has 1 heterocycles. The van der Waals surface area contributed by atoms with Gasteiger partial charge in [-0.2, -0.15) is 0 Å². The number of carboxylic acid groups (broad SMARTS) is 1. The second kappa shape index (κ2) is 4.02. The quantitative estimate of drug-likeness (QED) is 0.493. The first kappa shape index (κ1) is 8.94. The summed E-state index contributed by atoms with van der Waals surface area (Å²) in [4.78, 5) is 24.1. The van der Waals surface area contributed by atoms with Crippen LogP contribution in [0.3, 0.4) is 0 Å². The van der Waals surface area contributed by atoms with Crippen LogP contribution in [-0.4, -0.2) is 22.3 Å². The molecule has 0 saturated carbocycles. The Morgan fingerprint density at radius 1 is 1.62 bits per heavy atom. The maximum Gasteiger partial charge on any atom is 0.355 e. The molecule has 64 valence electrons. The number of carboxylic acids is 1. The van der Waals surface area contributed by atoms with E-state index in [2.05, 4.69) is 16.8 Å². The molecule has 1 rings (SSSR count). The SMILES string of the molecule is O=CC#Cc1cccnc1C(=O)O. The predicted molar refractivity (Wildman–Crippen MR) is 44.1 cm³/mol. The molecule has 0 fully saturated rings. The topological polar surface area (TPSA) is 67.3 Å². The maximum absolute atomic E-state index is 10.6. The van der Waals surface area contributed by atoms with Crippen molar-refractivity contribution >= 4 is 12.3 Å². The molecule has 0 radical (unpaired) electrons. The van der Waals surface area contributed by atoms with E-state index in [0.717, 1.165) is 0 Å². The third kappa shape index (κ3) is 2.14. The lowest BCUT2D eigenvalue weighted by Gasteiger charge is -1.94. The minimum absolute atomic E-state index is 0.142. The summed E-state index contributed by atoms with van der Waals surface area (Å²) in [6.45, 7) is 0. The van der Waals surface area contributed by atoms with E-state index in [1.807, 2.05) is 0 Å². The largest absolute Gasteiger partial charge is 0.476 e. The zero-order valence-corrected chi connectivity index (χ0v) is 6.52. The van der Waals surface area contributed by atoms with Gasteiger partial charge in [0.1, 0.15) is 0 Å². The predicted octanol–water partition coefficient (Wildman–Crippen LogP) is 0.330. The molecule has 0 aliphatic heterocycles. The summed E-state index contributed by atoms with van der Waals surface area (Å²) in [5.74, 6) is 3.35. The summed E-state index contributed by atoms with van der Waals surface area (Å²) in [7, 11) is 0. The highest BCUT2D eigenvalue weighted by Gasteiger charge is 2.07. The normalized spacial score (nSPS) is 8.31. The fraction of sp³-hybridized carbons (Fsp3) is 0. The number of nitrogens with zero attached hydrogens (tertiary/aromatic N) is 1. The van der Waals surface area contributed by atoms with Crippen LogP contribution >= 0.6 is 0 Å². The van der Waals surface area contributed by atoms with Crippen LogP contribution in [0, 0.1) is 11.8 Å². The first-order chi connectivity index (χ1) is 6.25. The average Bonchev–Trinajstić information content (AvgIpc) is 2.15. The average molecular weight is 175 g/mol. The highest BCUT2D eigenvalue weighted by Crippen LogP contribution is 2.02. The molecule has 0 saturated heterocycles. The number of rotatable bonds is 1. The number of pyridine rings is 1. The van der Waals surface area contributed by atoms with Gasteiger partial charge in [-0.1, -0.05) is 5.92 Å². The molecule has 0 amide bonds. The van der Waals surface area contributed by atoms with Crippen LogP contribution in [0.5, 0.6) is 0 Å². The molecule has 0 bridgehead atoms. The zero-order valence-electron chi connectivity index (χ0n) is 6.52. The minimum atomic E-state index is -1.16. The van der Waals surface area contributed by atoms with Crippen LogP contribution in [0.4, 0.5) is 0 Å². The first-order valence-corrected chi connectivity index (χ1v) is 3.39. The maximum atomic E-state index is 10.6. The van der Waals surface area contributed by atoms with Gasteiger partial charge in [0.05, 0.1) is 5.56 Å². The molecule has 0 spiro atoms. The minimum Gasteiger partial charge on any atom is -0.476 e. The van der Waals surface area contributed by atoms with Crippen molar-refractivity contribution in [1.29, 1.82) is 0 Å². The molecule has 0 atom stereocenters. The molecule has 1 aromatic heterocycles. The molecular formula is C9H5NO3. The number of carbonyl (C=O) groups is 2. The lowest BCUT2D eigenvalue weighted by atomic mass is 10.2. The van der Waals surface area contributed by atoms with Crippen molar-refractivity contribution in [2.75, 3.05) is 0 Å². The summed E-state index contributed by atoms with van der Waals surface area (Å²) in [5.41, 5.74) is 0.0963. The Morgan fingerprint density at radius 3 is 3.00 bits per heavy atom. The zero-order chi connectivity index (χ0) is 9.68. The molecule has 0 aliphatic carbocycles. The number of hydrogen-bond donors (Lipinski definition) is 1. The summed E-state index contributed by atoms with van der Waals surface area (Å²) in [6.07, 6.45) is 1.76. The molecule has 13 heavy (non-hydrogen) atoms. The Kier molecular flexibility index (Phi) is 2.77. The van der Waals surface area contributed by atoms with Gasteiger partial charge in [-0.3, -0.25) is 4.79 Å². The second-order valence-corrected chi connectivity index (χ2v) is 2.09. The third-order valence-corrected chi connectivity index (χ3v) is 1.28. The summed E-state index contributed by atoms with van der Waals surface area (Å²) < 4.78 is 0. The van der Waals surface area contributed by atoms with Crippen molar-refractivity contribution < 1.29 is 14.7 Å². The molecular weight excluding hydrogens is 170 g/mol. The van der Waals surface area contributed by atoms with E-state index in [-0.39, 0.29) is 11.3 Å². The third-order valence-electron chi connectivity index (χ3n) is 1.28. The van der Waals surface area contributed by atoms with E-state index >= 15 is 0 Å². The van der Waals surface area contributed by atoms with E-state index in [0.29, 0.717) is 6.29 Å². The van der Waals surface area contributed by atoms with Gasteiger partial charge in [0.15, 0.2) is 12.0 Å². The van der Waals surface area contributed by atoms with Gasteiger partial charge in [0.2, 0.25) is 0 Å². The lowest BCUT2D eigenvalue weighted by molar-refractivity contribution is -0.103. The molecule has 0 unspecified atom stereocenters. The summed E-state index contributed by atoms with van der Waals surface area (Å²) in [5, 5.41) is 8.65. The molecule has 0 aromatic carbocycles. The van der Waals surface area contributed by atoms with E-state index in [1.54, 1.807) is 6.07 Å². The first-order valence-electron chi connectivity index (χ1n) is 3.39. The number of carbonyl (C=O) groups excluding carboxylic acids is 1. The Labute approximate surface area is 74.2 Å². The van der Waals surface area contributed by atoms with Gasteiger partial charge in [-0.15, -0.1) is 0 Å². The van der Waals surface area contributed by atoms with Crippen LogP contribution in [-0.2, 0) is 4.79 Å². The van der Waals surface area contributed by atoms with Crippen molar-refractivity contribution in [2.24, 2.45) is 0 Å². The highest BCUT2D eigenvalue weighted by molar-refractivity contribution is 5.89. The van der Waals surface area contributed by atoms with E-state index in [4.69, 9.17) is 5.11 Å². The molecule has 1 aromatic rings. The van der Waals surface area contributed by atoms with Crippen molar-refractivity contribution in [3.8, 4) is 11.8 Å². The Bertz CT molecular complexity index is 401. The van der Waals surface area contributed by atoms with Gasteiger partial charge in [0, 0.05) is 6.20 Å². The second-order valence-electron chi connectivity index (χ2n) is 2.09.